The summed E-state index contributed by atoms with van der Waals surface area (Å²) >= 11 is 0. The molecule has 5 rings (SSSR count). The fraction of sp³-hybridized carbons (Fsp3) is 0.308. The maximum Gasteiger partial charge on any atom is 0.407 e. The van der Waals surface area contributed by atoms with Crippen LogP contribution in [-0.2, 0) is 14.6 Å². The topological polar surface area (TPSA) is 104 Å². The fourth-order valence-corrected chi connectivity index (χ4v) is 6.07. The van der Waals surface area contributed by atoms with Crippen LogP contribution in [0.4, 0.5) is 10.5 Å². The Hall–Kier alpha value is -3.59. The number of hydrogen-bond acceptors (Lipinski definition) is 6. The molecule has 1 aliphatic rings. The normalized spacial score (nSPS) is 16.7. The summed E-state index contributed by atoms with van der Waals surface area (Å²) in [4.78, 5) is 14.5. The van der Waals surface area contributed by atoms with E-state index >= 15 is 0 Å². The van der Waals surface area contributed by atoms with E-state index in [9.17, 15) is 13.2 Å². The van der Waals surface area contributed by atoms with Crippen molar-refractivity contribution >= 4 is 43.3 Å². The number of carbonyl (C=O) groups is 1. The molecule has 2 N–H and O–H groups in total. The predicted octanol–water partition coefficient (Wildman–Crippen LogP) is 4.65. The Morgan fingerprint density at radius 2 is 1.86 bits per heavy atom. The number of amides is 1. The highest BCUT2D eigenvalue weighted by Crippen LogP contribution is 2.33. The van der Waals surface area contributed by atoms with Crippen LogP contribution in [0.3, 0.4) is 0 Å². The monoisotopic (exact) mass is 492 g/mol. The van der Waals surface area contributed by atoms with E-state index in [1.54, 1.807) is 12.1 Å². The van der Waals surface area contributed by atoms with E-state index in [1.165, 1.54) is 0 Å². The number of nitrogens with zero attached hydrogens (tertiary/aromatic N) is 2. The van der Waals surface area contributed by atoms with E-state index < -0.39 is 21.5 Å². The molecule has 8 nitrogen and oxygen atoms in total. The van der Waals surface area contributed by atoms with Crippen molar-refractivity contribution in [1.29, 1.82) is 0 Å². The van der Waals surface area contributed by atoms with E-state index in [0.29, 0.717) is 22.8 Å². The Kier molecular flexibility index (Phi) is 5.67. The number of fused-ring (bicyclic) bond motifs is 2. The molecule has 3 aromatic carbocycles. The summed E-state index contributed by atoms with van der Waals surface area (Å²) < 4.78 is 32.8. The van der Waals surface area contributed by atoms with Crippen LogP contribution in [0.15, 0.2) is 70.6 Å². The molecule has 1 saturated heterocycles. The summed E-state index contributed by atoms with van der Waals surface area (Å²) in [5.41, 5.74) is 0.901. The number of alkyl carbamates (subject to hydrolysis) is 1. The average molecular weight is 493 g/mol. The van der Waals surface area contributed by atoms with Gasteiger partial charge >= 0.3 is 6.09 Å². The van der Waals surface area contributed by atoms with Crippen LogP contribution in [0.25, 0.3) is 21.7 Å². The van der Waals surface area contributed by atoms with Gasteiger partial charge in [-0.05, 0) is 56.8 Å². The number of rotatable bonds is 4. The zero-order chi connectivity index (χ0) is 24.8. The highest BCUT2D eigenvalue weighted by Gasteiger charge is 2.28. The number of sulfone groups is 1. The summed E-state index contributed by atoms with van der Waals surface area (Å²) in [5, 5.41) is 12.1. The van der Waals surface area contributed by atoms with Crippen molar-refractivity contribution in [2.24, 2.45) is 0 Å². The summed E-state index contributed by atoms with van der Waals surface area (Å²) in [6.45, 7) is 6.83. The Morgan fingerprint density at radius 3 is 2.66 bits per heavy atom. The molecule has 35 heavy (non-hydrogen) atoms. The quantitative estimate of drug-likeness (QED) is 0.430. The second kappa shape index (κ2) is 8.57. The van der Waals surface area contributed by atoms with Crippen LogP contribution in [0, 0.1) is 0 Å². The first-order valence-electron chi connectivity index (χ1n) is 11.6. The van der Waals surface area contributed by atoms with Crippen molar-refractivity contribution < 1.29 is 17.9 Å². The average Bonchev–Trinajstić information content (AvgIpc) is 3.44. The lowest BCUT2D eigenvalue weighted by molar-refractivity contribution is 0.0509. The van der Waals surface area contributed by atoms with Gasteiger partial charge < -0.3 is 15.0 Å². The van der Waals surface area contributed by atoms with Crippen molar-refractivity contribution in [3.05, 3.63) is 60.7 Å². The third-order valence-corrected chi connectivity index (χ3v) is 7.87. The van der Waals surface area contributed by atoms with Gasteiger partial charge in [0.15, 0.2) is 5.03 Å². The molecule has 1 atom stereocenters. The summed E-state index contributed by atoms with van der Waals surface area (Å²) in [5.74, 6) is 0. The van der Waals surface area contributed by atoms with Gasteiger partial charge in [0.05, 0.1) is 16.5 Å². The van der Waals surface area contributed by atoms with Gasteiger partial charge in [-0.15, -0.1) is 0 Å². The molecule has 0 bridgehead atoms. The molecule has 1 aliphatic heterocycles. The Bertz CT molecular complexity index is 1520. The number of nitrogens with one attached hydrogen (secondary N) is 2. The van der Waals surface area contributed by atoms with Gasteiger partial charge in [-0.3, -0.25) is 5.10 Å². The third kappa shape index (κ3) is 4.55. The Labute approximate surface area is 204 Å². The summed E-state index contributed by atoms with van der Waals surface area (Å²) in [6.07, 6.45) is 0.335. The van der Waals surface area contributed by atoms with Crippen LogP contribution in [0.2, 0.25) is 0 Å². The lowest BCUT2D eigenvalue weighted by atomic mass is 10.1. The van der Waals surface area contributed by atoms with Crippen molar-refractivity contribution in [3.63, 3.8) is 0 Å². The number of anilines is 1. The van der Waals surface area contributed by atoms with Crippen molar-refractivity contribution in [2.75, 3.05) is 18.0 Å². The Morgan fingerprint density at radius 1 is 1.09 bits per heavy atom. The van der Waals surface area contributed by atoms with Crippen LogP contribution < -0.4 is 10.2 Å². The summed E-state index contributed by atoms with van der Waals surface area (Å²) in [6, 6.07) is 18.2. The number of hydrogen-bond donors (Lipinski definition) is 2. The van der Waals surface area contributed by atoms with E-state index in [4.69, 9.17) is 4.74 Å². The van der Waals surface area contributed by atoms with Crippen LogP contribution in [0.5, 0.6) is 0 Å². The molecule has 0 aliphatic carbocycles. The minimum absolute atomic E-state index is 0.0521. The molecule has 0 unspecified atom stereocenters. The largest absolute Gasteiger partial charge is 0.444 e. The standard InChI is InChI=1S/C26H28N4O4S/c1-26(2,3)34-25(31)27-18-13-14-30(16-18)19-11-12-22-21(15-19)24(29-28-22)35(32,33)23-10-6-8-17-7-4-5-9-20(17)23/h4-12,15,18H,13-14,16H2,1-3H3,(H,27,31)(H,28,29)/t18-/m1/s1. The predicted molar refractivity (Wildman–Crippen MR) is 135 cm³/mol. The number of carbonyl (C=O) groups excluding carboxylic acids is 1. The molecule has 1 amide bonds. The zero-order valence-electron chi connectivity index (χ0n) is 19.9. The van der Waals surface area contributed by atoms with E-state index in [0.717, 1.165) is 24.0 Å². The van der Waals surface area contributed by atoms with Gasteiger partial charge in [-0.25, -0.2) is 13.2 Å². The van der Waals surface area contributed by atoms with Crippen molar-refractivity contribution in [2.45, 2.75) is 48.8 Å². The van der Waals surface area contributed by atoms with Crippen molar-refractivity contribution in [1.82, 2.24) is 15.5 Å². The van der Waals surface area contributed by atoms with Crippen LogP contribution >= 0.6 is 0 Å². The second-order valence-corrected chi connectivity index (χ2v) is 11.7. The first kappa shape index (κ1) is 23.2. The third-order valence-electron chi connectivity index (χ3n) is 6.08. The molecule has 2 heterocycles. The smallest absolute Gasteiger partial charge is 0.407 e. The minimum Gasteiger partial charge on any atom is -0.444 e. The minimum atomic E-state index is -3.84. The van der Waals surface area contributed by atoms with Gasteiger partial charge in [-0.1, -0.05) is 36.4 Å². The SMILES string of the molecule is CC(C)(C)OC(=O)N[C@@H]1CCN(c2ccc3n[nH]c(S(=O)(=O)c4cccc5ccccc45)c3c2)C1. The lowest BCUT2D eigenvalue weighted by Gasteiger charge is -2.22. The van der Waals surface area contributed by atoms with Crippen molar-refractivity contribution in [3.8, 4) is 0 Å². The highest BCUT2D eigenvalue weighted by molar-refractivity contribution is 7.91. The van der Waals surface area contributed by atoms with Gasteiger partial charge in [0, 0.05) is 29.5 Å². The van der Waals surface area contributed by atoms with E-state index in [2.05, 4.69) is 20.4 Å². The molecular formula is C26H28N4O4S. The molecule has 0 spiro atoms. The van der Waals surface area contributed by atoms with E-state index in [1.807, 2.05) is 69.3 Å². The first-order valence-corrected chi connectivity index (χ1v) is 13.1. The molecule has 0 saturated carbocycles. The first-order chi connectivity index (χ1) is 16.6. The number of H-pyrrole nitrogens is 1. The fourth-order valence-electron chi connectivity index (χ4n) is 4.50. The number of benzene rings is 3. The number of aromatic nitrogens is 2. The van der Waals surface area contributed by atoms with Gasteiger partial charge in [0.1, 0.15) is 5.60 Å². The lowest BCUT2D eigenvalue weighted by Crippen LogP contribution is -2.40. The molecule has 182 valence electrons. The van der Waals surface area contributed by atoms with Gasteiger partial charge in [0.2, 0.25) is 9.84 Å². The highest BCUT2D eigenvalue weighted by atomic mass is 32.2. The zero-order valence-corrected chi connectivity index (χ0v) is 20.7. The number of ether oxygens (including phenoxy) is 1. The molecule has 1 fully saturated rings. The van der Waals surface area contributed by atoms with Crippen LogP contribution in [0.1, 0.15) is 27.2 Å². The van der Waals surface area contributed by atoms with Crippen LogP contribution in [-0.4, -0.2) is 49.4 Å². The Balaban J connectivity index is 1.43. The summed E-state index contributed by atoms with van der Waals surface area (Å²) in [7, 11) is -3.84. The van der Waals surface area contributed by atoms with E-state index in [-0.39, 0.29) is 16.0 Å². The number of aromatic amines is 1. The maximum atomic E-state index is 13.7. The molecule has 0 radical (unpaired) electrons. The molecular weight excluding hydrogens is 464 g/mol. The second-order valence-electron chi connectivity index (χ2n) is 9.81. The molecule has 1 aromatic heterocycles. The molecule has 4 aromatic rings. The van der Waals surface area contributed by atoms with Gasteiger partial charge in [0.25, 0.3) is 0 Å². The van der Waals surface area contributed by atoms with Gasteiger partial charge in [-0.2, -0.15) is 5.10 Å². The maximum absolute atomic E-state index is 13.7. The molecule has 9 heteroatoms.